The molecule has 11 nitrogen and oxygen atoms in total. The Kier molecular flexibility index (Phi) is 8.12. The number of nitrogens with two attached hydrogens (primary N) is 2. The van der Waals surface area contributed by atoms with Gasteiger partial charge >= 0.3 is 5.97 Å². The van der Waals surface area contributed by atoms with Gasteiger partial charge in [-0.25, -0.2) is 9.78 Å². The molecule has 1 fully saturated rings. The van der Waals surface area contributed by atoms with E-state index in [4.69, 9.17) is 26.0 Å². The monoisotopic (exact) mass is 535 g/mol. The molecular formula is C28H33N5O6. The number of ketones is 2. The van der Waals surface area contributed by atoms with E-state index in [1.165, 1.54) is 6.07 Å². The highest BCUT2D eigenvalue weighted by Crippen LogP contribution is 2.58. The second-order valence-corrected chi connectivity index (χ2v) is 9.66. The van der Waals surface area contributed by atoms with Crippen LogP contribution in [0.2, 0.25) is 0 Å². The van der Waals surface area contributed by atoms with Crippen LogP contribution in [0.3, 0.4) is 0 Å². The smallest absolute Gasteiger partial charge is 0.350 e. The van der Waals surface area contributed by atoms with Gasteiger partial charge in [-0.15, -0.1) is 0 Å². The van der Waals surface area contributed by atoms with Crippen molar-refractivity contribution in [3.05, 3.63) is 70.9 Å². The van der Waals surface area contributed by atoms with Crippen LogP contribution in [0.25, 0.3) is 0 Å². The first-order valence-corrected chi connectivity index (χ1v) is 12.7. The van der Waals surface area contributed by atoms with E-state index in [1.54, 1.807) is 43.6 Å². The minimum absolute atomic E-state index is 0.00137. The average molecular weight is 536 g/mol. The van der Waals surface area contributed by atoms with E-state index in [-0.39, 0.29) is 42.8 Å². The van der Waals surface area contributed by atoms with E-state index in [9.17, 15) is 14.4 Å². The van der Waals surface area contributed by atoms with Crippen LogP contribution in [0, 0.1) is 0 Å². The van der Waals surface area contributed by atoms with E-state index >= 15 is 0 Å². The maximum Gasteiger partial charge on any atom is 0.350 e. The summed E-state index contributed by atoms with van der Waals surface area (Å²) in [7, 11) is 1.57. The number of aliphatic hydroxyl groups is 1. The van der Waals surface area contributed by atoms with Gasteiger partial charge in [0.25, 0.3) is 5.60 Å². The zero-order valence-electron chi connectivity index (χ0n) is 22.0. The van der Waals surface area contributed by atoms with Gasteiger partial charge in [0.2, 0.25) is 5.78 Å². The van der Waals surface area contributed by atoms with Crippen molar-refractivity contribution in [3.63, 3.8) is 0 Å². The lowest BCUT2D eigenvalue weighted by Crippen LogP contribution is -2.50. The van der Waals surface area contributed by atoms with Crippen molar-refractivity contribution >= 4 is 29.3 Å². The SMILES string of the molecule is CN=C(N)N[C@@H](C/C(C)=C/C[C@@]12O[C@]1(C(=O)OCCCCO)C(=O)c1ccccc1C2=O)c1ccnc(N)c1. The summed E-state index contributed by atoms with van der Waals surface area (Å²) in [6.45, 7) is 1.83. The number of nitrogens with zero attached hydrogens (tertiary/aromatic N) is 2. The minimum Gasteiger partial charge on any atom is -0.463 e. The molecule has 0 spiro atoms. The number of rotatable bonds is 11. The summed E-state index contributed by atoms with van der Waals surface area (Å²) in [5, 5.41) is 12.1. The first-order valence-electron chi connectivity index (χ1n) is 12.7. The van der Waals surface area contributed by atoms with Gasteiger partial charge in [0, 0.05) is 37.4 Å². The topological polar surface area (TPSA) is 183 Å². The molecule has 1 aliphatic heterocycles. The predicted octanol–water partition coefficient (Wildman–Crippen LogP) is 1.87. The number of benzene rings is 1. The second-order valence-electron chi connectivity index (χ2n) is 9.66. The van der Waals surface area contributed by atoms with Gasteiger partial charge in [-0.2, -0.15) is 0 Å². The number of fused-ring (bicyclic) bond motifs is 2. The maximum atomic E-state index is 13.7. The summed E-state index contributed by atoms with van der Waals surface area (Å²) in [6.07, 6.45) is 4.69. The van der Waals surface area contributed by atoms with Gasteiger partial charge in [-0.05, 0) is 43.9 Å². The van der Waals surface area contributed by atoms with Crippen LogP contribution >= 0.6 is 0 Å². The van der Waals surface area contributed by atoms with Crippen LogP contribution in [-0.2, 0) is 14.3 Å². The third-order valence-corrected chi connectivity index (χ3v) is 7.06. The molecule has 0 bridgehead atoms. The number of aliphatic hydroxyl groups excluding tert-OH is 1. The van der Waals surface area contributed by atoms with Crippen LogP contribution in [0.15, 0.2) is 59.2 Å². The molecule has 11 heteroatoms. The molecule has 39 heavy (non-hydrogen) atoms. The number of epoxide rings is 1. The Hall–Kier alpha value is -4.09. The van der Waals surface area contributed by atoms with Crippen molar-refractivity contribution in [3.8, 4) is 0 Å². The van der Waals surface area contributed by atoms with Gasteiger partial charge in [0.1, 0.15) is 5.82 Å². The van der Waals surface area contributed by atoms with Crippen LogP contribution in [0.5, 0.6) is 0 Å². The zero-order valence-corrected chi connectivity index (χ0v) is 22.0. The third kappa shape index (κ3) is 5.15. The summed E-state index contributed by atoms with van der Waals surface area (Å²) in [5.41, 5.74) is 10.1. The fourth-order valence-corrected chi connectivity index (χ4v) is 4.92. The Balaban J connectivity index is 1.61. The largest absolute Gasteiger partial charge is 0.463 e. The molecule has 206 valence electrons. The number of aliphatic imine (C=N–C) groups is 1. The lowest BCUT2D eigenvalue weighted by Gasteiger charge is -2.24. The number of aromatic nitrogens is 1. The van der Waals surface area contributed by atoms with Gasteiger partial charge in [-0.1, -0.05) is 35.9 Å². The molecule has 4 rings (SSSR count). The third-order valence-electron chi connectivity index (χ3n) is 7.06. The average Bonchev–Trinajstić information content (AvgIpc) is 3.64. The van der Waals surface area contributed by atoms with Crippen molar-refractivity contribution in [1.29, 1.82) is 0 Å². The quantitative estimate of drug-likeness (QED) is 0.0630. The Bertz CT molecular complexity index is 1340. The number of ether oxygens (including phenoxy) is 2. The summed E-state index contributed by atoms with van der Waals surface area (Å²) < 4.78 is 11.2. The molecule has 2 aromatic rings. The van der Waals surface area contributed by atoms with Crippen molar-refractivity contribution in [1.82, 2.24) is 10.3 Å². The number of anilines is 1. The number of guanidine groups is 1. The summed E-state index contributed by atoms with van der Waals surface area (Å²) in [4.78, 5) is 48.5. The van der Waals surface area contributed by atoms with E-state index < -0.39 is 28.7 Å². The number of Topliss-reactive ketones (excluding diaryl/α,β-unsaturated/α-hetero) is 2. The van der Waals surface area contributed by atoms with Crippen molar-refractivity contribution in [2.24, 2.45) is 10.7 Å². The van der Waals surface area contributed by atoms with E-state index in [1.807, 2.05) is 13.0 Å². The normalized spacial score (nSPS) is 23.1. The standard InChI is InChI=1S/C28H33N5O6/c1-17(15-21(33-26(30)31-2)18-10-12-32-22(29)16-18)9-11-27-23(35)19-7-3-4-8-20(19)24(36)28(27,39-27)25(37)38-14-6-5-13-34/h3-4,7-10,12,16,21,34H,5-6,11,13-15H2,1-2H3,(H2,29,32)(H3,30,31,33)/b17-9+/t21-,27-,28-/m0/s1. The number of hydrogen-bond donors (Lipinski definition) is 4. The summed E-state index contributed by atoms with van der Waals surface area (Å²) in [6, 6.07) is 9.61. The lowest BCUT2D eigenvalue weighted by molar-refractivity contribution is -0.148. The first kappa shape index (κ1) is 27.9. The zero-order chi connectivity index (χ0) is 28.2. The first-order chi connectivity index (χ1) is 18.7. The summed E-state index contributed by atoms with van der Waals surface area (Å²) in [5.74, 6) is -1.33. The van der Waals surface area contributed by atoms with Gasteiger partial charge in [-0.3, -0.25) is 14.6 Å². The number of nitrogen functional groups attached to an aromatic ring is 1. The van der Waals surface area contributed by atoms with Crippen molar-refractivity contribution < 1.29 is 29.0 Å². The molecule has 1 aromatic carbocycles. The van der Waals surface area contributed by atoms with Crippen molar-refractivity contribution in [2.75, 3.05) is 26.0 Å². The molecule has 2 aliphatic rings. The Morgan fingerprint density at radius 3 is 2.62 bits per heavy atom. The Morgan fingerprint density at radius 2 is 1.95 bits per heavy atom. The molecule has 3 atom stereocenters. The molecule has 1 aromatic heterocycles. The van der Waals surface area contributed by atoms with Gasteiger partial charge < -0.3 is 31.4 Å². The Labute approximate surface area is 226 Å². The number of esters is 1. The number of unbranched alkanes of at least 4 members (excludes halogenated alkanes) is 1. The van der Waals surface area contributed by atoms with Crippen molar-refractivity contribution in [2.45, 2.75) is 49.9 Å². The number of carbonyl (C=O) groups excluding carboxylic acids is 3. The molecule has 0 unspecified atom stereocenters. The van der Waals surface area contributed by atoms with Gasteiger partial charge in [0.15, 0.2) is 17.3 Å². The molecule has 0 saturated carbocycles. The van der Waals surface area contributed by atoms with E-state index in [0.29, 0.717) is 25.1 Å². The van der Waals surface area contributed by atoms with Gasteiger partial charge in [0.05, 0.1) is 12.6 Å². The molecule has 2 heterocycles. The van der Waals surface area contributed by atoms with Crippen LogP contribution in [-0.4, -0.2) is 65.0 Å². The predicted molar refractivity (Wildman–Crippen MR) is 144 cm³/mol. The lowest BCUT2D eigenvalue weighted by atomic mass is 9.72. The molecule has 1 saturated heterocycles. The molecule has 6 N–H and O–H groups in total. The number of hydrogen-bond acceptors (Lipinski definition) is 9. The molecule has 1 aliphatic carbocycles. The highest BCUT2D eigenvalue weighted by Gasteiger charge is 2.85. The minimum atomic E-state index is -2.04. The van der Waals surface area contributed by atoms with E-state index in [0.717, 1.165) is 11.1 Å². The number of nitrogens with one attached hydrogen (secondary N) is 1. The second kappa shape index (κ2) is 11.3. The Morgan fingerprint density at radius 1 is 1.23 bits per heavy atom. The van der Waals surface area contributed by atoms with E-state index in [2.05, 4.69) is 15.3 Å². The number of carbonyl (C=O) groups is 3. The van der Waals surface area contributed by atoms with Crippen LogP contribution in [0.4, 0.5) is 5.82 Å². The van der Waals surface area contributed by atoms with Crippen LogP contribution < -0.4 is 16.8 Å². The molecular weight excluding hydrogens is 502 g/mol. The highest BCUT2D eigenvalue weighted by molar-refractivity contribution is 6.32. The number of pyridine rings is 1. The highest BCUT2D eigenvalue weighted by atomic mass is 16.7. The fraction of sp³-hybridized carbons (Fsp3) is 0.393. The molecule has 0 radical (unpaired) electrons. The fourth-order valence-electron chi connectivity index (χ4n) is 4.92. The molecule has 0 amide bonds. The van der Waals surface area contributed by atoms with Crippen LogP contribution in [0.1, 0.15) is 64.9 Å². The summed E-state index contributed by atoms with van der Waals surface area (Å²) >= 11 is 0. The maximum absolute atomic E-state index is 13.7.